The molecule has 1 aromatic carbocycles. The topological polar surface area (TPSA) is 79.3 Å². The molecule has 0 bridgehead atoms. The van der Waals surface area contributed by atoms with Crippen LogP contribution >= 0.6 is 0 Å². The average molecular weight is 289 g/mol. The summed E-state index contributed by atoms with van der Waals surface area (Å²) in [4.78, 5) is 15.1. The molecule has 6 heteroatoms. The minimum Gasteiger partial charge on any atom is -0.478 e. The number of aromatic nitrogens is 1. The maximum Gasteiger partial charge on any atom is 0.527 e. The van der Waals surface area contributed by atoms with Crippen molar-refractivity contribution in [3.63, 3.8) is 0 Å². The van der Waals surface area contributed by atoms with E-state index in [2.05, 4.69) is 10.3 Å². The second-order valence-corrected chi connectivity index (χ2v) is 4.76. The fourth-order valence-electron chi connectivity index (χ4n) is 1.85. The molecule has 2 N–H and O–H groups in total. The molecule has 0 fully saturated rings. The lowest BCUT2D eigenvalue weighted by atomic mass is 10.1. The first kappa shape index (κ1) is 14.1. The van der Waals surface area contributed by atoms with Gasteiger partial charge in [0.25, 0.3) is 0 Å². The molecule has 0 saturated heterocycles. The zero-order valence-corrected chi connectivity index (χ0v) is 11.6. The number of carboxylic acids is 1. The van der Waals surface area contributed by atoms with Crippen LogP contribution in [0.5, 0.6) is 0 Å². The van der Waals surface area contributed by atoms with E-state index in [1.165, 1.54) is 6.20 Å². The molecule has 0 aliphatic heterocycles. The highest BCUT2D eigenvalue weighted by Crippen LogP contribution is 2.23. The van der Waals surface area contributed by atoms with E-state index < -0.39 is 5.97 Å². The summed E-state index contributed by atoms with van der Waals surface area (Å²) >= 11 is 0.258. The first-order valence-electron chi connectivity index (χ1n) is 5.94. The molecule has 0 saturated carbocycles. The van der Waals surface area contributed by atoms with Crippen molar-refractivity contribution in [2.75, 3.05) is 5.32 Å². The third-order valence-corrected chi connectivity index (χ3v) is 3.47. The van der Waals surface area contributed by atoms with Crippen LogP contribution in [0.1, 0.15) is 21.5 Å². The van der Waals surface area contributed by atoms with Crippen LogP contribution in [-0.2, 0) is 22.4 Å². The monoisotopic (exact) mass is 289 g/mol. The van der Waals surface area contributed by atoms with Gasteiger partial charge in [-0.25, -0.2) is 4.79 Å². The molecule has 20 heavy (non-hydrogen) atoms. The number of aromatic carboxylic acids is 1. The van der Waals surface area contributed by atoms with E-state index in [4.69, 9.17) is 0 Å². The number of benzene rings is 1. The van der Waals surface area contributed by atoms with Crippen LogP contribution in [-0.4, -0.2) is 16.1 Å². The van der Waals surface area contributed by atoms with E-state index in [0.29, 0.717) is 17.8 Å². The summed E-state index contributed by atoms with van der Waals surface area (Å²) in [6, 6.07) is 9.61. The molecule has 0 aliphatic carbocycles. The minimum atomic E-state index is -1.07. The van der Waals surface area contributed by atoms with Gasteiger partial charge in [0.1, 0.15) is 5.56 Å². The summed E-state index contributed by atoms with van der Waals surface area (Å²) in [5, 5.41) is 12.5. The molecule has 1 heterocycles. The zero-order valence-electron chi connectivity index (χ0n) is 10.8. The Morgan fingerprint density at radius 1 is 1.35 bits per heavy atom. The number of rotatable bonds is 5. The van der Waals surface area contributed by atoms with Crippen LogP contribution < -0.4 is 5.32 Å². The van der Waals surface area contributed by atoms with Crippen molar-refractivity contribution in [2.24, 2.45) is 0 Å². The summed E-state index contributed by atoms with van der Waals surface area (Å²) in [6.45, 7) is 2.17. The van der Waals surface area contributed by atoms with E-state index in [1.807, 2.05) is 30.3 Å². The summed E-state index contributed by atoms with van der Waals surface area (Å²) in [6.07, 6.45) is 1.21. The quantitative estimate of drug-likeness (QED) is 0.827. The Labute approximate surface area is 120 Å². The van der Waals surface area contributed by atoms with Gasteiger partial charge in [0.05, 0.1) is 11.3 Å². The number of carboxylic acid groups (broad SMARTS) is 1. The van der Waals surface area contributed by atoms with E-state index in [1.54, 1.807) is 6.92 Å². The van der Waals surface area contributed by atoms with Crippen LogP contribution in [0, 0.1) is 6.92 Å². The van der Waals surface area contributed by atoms with E-state index >= 15 is 0 Å². The maximum atomic E-state index is 11.2. The average Bonchev–Trinajstić information content (AvgIpc) is 2.46. The van der Waals surface area contributed by atoms with Crippen LogP contribution in [0.15, 0.2) is 41.6 Å². The van der Waals surface area contributed by atoms with Crippen molar-refractivity contribution in [3.8, 4) is 0 Å². The van der Waals surface area contributed by atoms with Gasteiger partial charge < -0.3 is 10.4 Å². The maximum absolute atomic E-state index is 11.2. The van der Waals surface area contributed by atoms with Crippen molar-refractivity contribution >= 4 is 23.3 Å². The Morgan fingerprint density at radius 2 is 2.05 bits per heavy atom. The fourth-order valence-corrected chi connectivity index (χ4v) is 2.18. The number of hydrogen-bond donors (Lipinski definition) is 2. The molecule has 1 aromatic heterocycles. The lowest BCUT2D eigenvalue weighted by Gasteiger charge is -2.11. The molecule has 0 amide bonds. The van der Waals surface area contributed by atoms with Gasteiger partial charge in [-0.15, -0.1) is 0 Å². The second kappa shape index (κ2) is 6.21. The molecule has 0 unspecified atom stereocenters. The van der Waals surface area contributed by atoms with Gasteiger partial charge in [-0.2, -0.15) is 4.98 Å². The van der Waals surface area contributed by atoms with Crippen LogP contribution in [0.3, 0.4) is 0 Å². The van der Waals surface area contributed by atoms with Gasteiger partial charge in [0, 0.05) is 17.0 Å². The van der Waals surface area contributed by atoms with Gasteiger partial charge in [0.2, 0.25) is 0 Å². The van der Waals surface area contributed by atoms with Gasteiger partial charge in [-0.1, -0.05) is 30.3 Å². The minimum absolute atomic E-state index is 0.0660. The number of carbonyl (C=O) groups is 1. The molecule has 0 atom stereocenters. The molecule has 0 aliphatic rings. The molecule has 102 valence electrons. The number of pyridine rings is 1. The van der Waals surface area contributed by atoms with E-state index in [0.717, 1.165) is 5.56 Å². The largest absolute Gasteiger partial charge is 0.527 e. The molecule has 2 rings (SSSR count). The van der Waals surface area contributed by atoms with E-state index in [9.17, 15) is 14.1 Å². The first-order valence-corrected chi connectivity index (χ1v) is 6.68. The second-order valence-electron chi connectivity index (χ2n) is 4.20. The predicted octanol–water partition coefficient (Wildman–Crippen LogP) is 2.49. The molecule has 0 spiro atoms. The van der Waals surface area contributed by atoms with E-state index in [-0.39, 0.29) is 22.3 Å². The van der Waals surface area contributed by atoms with Crippen molar-refractivity contribution < 1.29 is 14.1 Å². The van der Waals surface area contributed by atoms with Gasteiger partial charge >= 0.3 is 22.7 Å². The lowest BCUT2D eigenvalue weighted by Crippen LogP contribution is -2.10. The highest BCUT2D eigenvalue weighted by Gasteiger charge is 2.22. The molecular formula is C14H13N2O3S+. The Bertz CT molecular complexity index is 644. The lowest BCUT2D eigenvalue weighted by molar-refractivity contribution is 0.0697. The van der Waals surface area contributed by atoms with Crippen molar-refractivity contribution in [1.82, 2.24) is 4.98 Å². The van der Waals surface area contributed by atoms with Crippen molar-refractivity contribution in [1.29, 1.82) is 0 Å². The number of hydrogen-bond acceptors (Lipinski definition) is 4. The van der Waals surface area contributed by atoms with Gasteiger partial charge in [-0.05, 0) is 12.5 Å². The Morgan fingerprint density at radius 3 is 2.65 bits per heavy atom. The number of anilines is 1. The molecular weight excluding hydrogens is 276 g/mol. The summed E-state index contributed by atoms with van der Waals surface area (Å²) in [5.74, 6) is -1.07. The fraction of sp³-hybridized carbons (Fsp3) is 0.143. The SMILES string of the molecule is Cc1c([S+]=O)ncc(C(=O)O)c1NCc1ccccc1. The smallest absolute Gasteiger partial charge is 0.478 e. The Kier molecular flexibility index (Phi) is 4.37. The summed E-state index contributed by atoms with van der Waals surface area (Å²) in [7, 11) is 0. The molecule has 5 nitrogen and oxygen atoms in total. The number of nitrogens with zero attached hydrogens (tertiary/aromatic N) is 1. The highest BCUT2D eigenvalue weighted by molar-refractivity contribution is 7.65. The Hall–Kier alpha value is -2.34. The molecule has 0 radical (unpaired) electrons. The summed E-state index contributed by atoms with van der Waals surface area (Å²) in [5.41, 5.74) is 2.09. The van der Waals surface area contributed by atoms with Crippen LogP contribution in [0.2, 0.25) is 0 Å². The van der Waals surface area contributed by atoms with Gasteiger partial charge in [0.15, 0.2) is 0 Å². The Balaban J connectivity index is 2.33. The van der Waals surface area contributed by atoms with Crippen molar-refractivity contribution in [3.05, 3.63) is 53.2 Å². The standard InChI is InChI=1S/C14H12N2O3S/c1-9-12(15-7-10-5-3-2-4-6-10)11(14(17)18)8-16-13(9)20-19/h2-6,8H,7H2,1H3,(H-,15,16,17,18)/p+1. The summed E-state index contributed by atoms with van der Waals surface area (Å²) < 4.78 is 10.9. The molecule has 2 aromatic rings. The first-order chi connectivity index (χ1) is 9.63. The predicted molar refractivity (Wildman–Crippen MR) is 76.0 cm³/mol. The third-order valence-electron chi connectivity index (χ3n) is 2.90. The van der Waals surface area contributed by atoms with Gasteiger partial charge in [-0.3, -0.25) is 0 Å². The normalized spacial score (nSPS) is 10.1. The van der Waals surface area contributed by atoms with Crippen LogP contribution in [0.25, 0.3) is 0 Å². The van der Waals surface area contributed by atoms with Crippen molar-refractivity contribution in [2.45, 2.75) is 18.5 Å². The third kappa shape index (κ3) is 2.97. The zero-order chi connectivity index (χ0) is 14.5. The number of nitrogens with one attached hydrogen (secondary N) is 1. The van der Waals surface area contributed by atoms with Crippen LogP contribution in [0.4, 0.5) is 5.69 Å². The highest BCUT2D eigenvalue weighted by atomic mass is 32.1.